The summed E-state index contributed by atoms with van der Waals surface area (Å²) in [4.78, 5) is 38.3. The molecule has 0 spiro atoms. The Labute approximate surface area is 200 Å². The largest absolute Gasteiger partial charge is 0.480 e. The summed E-state index contributed by atoms with van der Waals surface area (Å²) in [6, 6.07) is 16.8. The number of esters is 1. The fraction of sp³-hybridized carbons (Fsp3) is 0.400. The molecule has 1 unspecified atom stereocenters. The number of carboxylic acid groups (broad SMARTS) is 1. The maximum Gasteiger partial charge on any atom is 0.323 e. The van der Waals surface area contributed by atoms with Gasteiger partial charge in [-0.25, -0.2) is 0 Å². The smallest absolute Gasteiger partial charge is 0.323 e. The zero-order valence-corrected chi connectivity index (χ0v) is 19.6. The van der Waals surface area contributed by atoms with Crippen molar-refractivity contribution in [2.24, 2.45) is 0 Å². The van der Waals surface area contributed by atoms with Crippen LogP contribution in [0.5, 0.6) is 0 Å². The van der Waals surface area contributed by atoms with Crippen LogP contribution >= 0.6 is 12.4 Å². The van der Waals surface area contributed by atoms with Gasteiger partial charge in [0.1, 0.15) is 12.6 Å². The zero-order valence-electron chi connectivity index (χ0n) is 18.7. The molecule has 33 heavy (non-hydrogen) atoms. The average Bonchev–Trinajstić information content (AvgIpc) is 3.22. The highest BCUT2D eigenvalue weighted by Crippen LogP contribution is 2.25. The maximum absolute atomic E-state index is 13.0. The van der Waals surface area contributed by atoms with E-state index >= 15 is 0 Å². The number of hydrogen-bond donors (Lipinski definition) is 2. The summed E-state index contributed by atoms with van der Waals surface area (Å²) in [7, 11) is 0. The van der Waals surface area contributed by atoms with Gasteiger partial charge in [-0.05, 0) is 49.3 Å². The Morgan fingerprint density at radius 1 is 1.06 bits per heavy atom. The van der Waals surface area contributed by atoms with E-state index in [0.717, 1.165) is 16.7 Å². The maximum atomic E-state index is 13.0. The summed E-state index contributed by atoms with van der Waals surface area (Å²) in [5, 5.41) is 12.4. The normalized spacial score (nSPS) is 13.5. The molecule has 0 saturated carbocycles. The van der Waals surface area contributed by atoms with Gasteiger partial charge < -0.3 is 14.7 Å². The van der Waals surface area contributed by atoms with Crippen LogP contribution in [0.15, 0.2) is 54.6 Å². The van der Waals surface area contributed by atoms with E-state index in [0.29, 0.717) is 25.7 Å². The molecular weight excluding hydrogens is 444 g/mol. The zero-order chi connectivity index (χ0) is 22.9. The third-order valence-corrected chi connectivity index (χ3v) is 5.73. The van der Waals surface area contributed by atoms with Gasteiger partial charge in [-0.1, -0.05) is 54.6 Å². The molecule has 2 aromatic carbocycles. The molecule has 7 nitrogen and oxygen atoms in total. The fourth-order valence-corrected chi connectivity index (χ4v) is 4.14. The average molecular weight is 475 g/mol. The second-order valence-corrected chi connectivity index (χ2v) is 7.96. The molecule has 0 radical (unpaired) electrons. The van der Waals surface area contributed by atoms with E-state index in [2.05, 4.69) is 5.32 Å². The van der Waals surface area contributed by atoms with E-state index in [9.17, 15) is 19.5 Å². The number of carbonyl (C=O) groups excluding carboxylic acids is 2. The number of halogens is 1. The molecule has 2 aromatic rings. The second kappa shape index (κ2) is 13.0. The number of carboxylic acids is 1. The number of fused-ring (bicyclic) bond motifs is 1. The number of aliphatic carboxylic acids is 1. The van der Waals surface area contributed by atoms with Gasteiger partial charge >= 0.3 is 11.9 Å². The van der Waals surface area contributed by atoms with Gasteiger partial charge in [-0.2, -0.15) is 0 Å². The fourth-order valence-electron chi connectivity index (χ4n) is 4.14. The molecule has 0 bridgehead atoms. The van der Waals surface area contributed by atoms with Crippen LogP contribution in [-0.4, -0.2) is 59.6 Å². The molecule has 2 N–H and O–H groups in total. The van der Waals surface area contributed by atoms with Gasteiger partial charge in [0.05, 0.1) is 13.2 Å². The number of benzene rings is 2. The molecule has 178 valence electrons. The number of ether oxygens (including phenoxy) is 1. The van der Waals surface area contributed by atoms with Crippen LogP contribution in [0, 0.1) is 0 Å². The lowest BCUT2D eigenvalue weighted by molar-refractivity contribution is -0.148. The van der Waals surface area contributed by atoms with E-state index in [1.165, 1.54) is 4.90 Å². The van der Waals surface area contributed by atoms with Crippen LogP contribution in [0.4, 0.5) is 0 Å². The second-order valence-electron chi connectivity index (χ2n) is 7.96. The van der Waals surface area contributed by atoms with Crippen molar-refractivity contribution >= 4 is 30.3 Å². The monoisotopic (exact) mass is 474 g/mol. The molecule has 0 saturated heterocycles. The van der Waals surface area contributed by atoms with Gasteiger partial charge in [0.25, 0.3) is 0 Å². The molecule has 3 rings (SSSR count). The van der Waals surface area contributed by atoms with Crippen LogP contribution in [0.25, 0.3) is 0 Å². The molecular formula is C25H31ClN2O5. The van der Waals surface area contributed by atoms with Crippen molar-refractivity contribution in [2.75, 3.05) is 19.7 Å². The van der Waals surface area contributed by atoms with Crippen LogP contribution in [0.3, 0.4) is 0 Å². The highest BCUT2D eigenvalue weighted by atomic mass is 35.5. The first-order valence-electron chi connectivity index (χ1n) is 11.0. The summed E-state index contributed by atoms with van der Waals surface area (Å²) in [5.41, 5.74) is 3.37. The summed E-state index contributed by atoms with van der Waals surface area (Å²) >= 11 is 0. The Kier molecular flexibility index (Phi) is 10.4. The number of rotatable bonds is 11. The molecule has 1 aliphatic carbocycles. The van der Waals surface area contributed by atoms with Crippen molar-refractivity contribution in [1.82, 2.24) is 10.2 Å². The summed E-state index contributed by atoms with van der Waals surface area (Å²) in [5.74, 6) is -1.80. The first-order valence-corrected chi connectivity index (χ1v) is 11.0. The standard InChI is InChI=1S/C25H30N2O5.ClH/c1-2-32-25(31)22(13-12-18-8-4-3-5-9-18)26-16-23(28)27(17-24(29)30)21-14-19-10-6-7-11-20(19)15-21;/h3-11,21-22,26H,2,12-17H2,1H3,(H,29,30);1H. The lowest BCUT2D eigenvalue weighted by Crippen LogP contribution is -2.50. The number of aryl methyl sites for hydroxylation is 1. The Bertz CT molecular complexity index is 912. The molecule has 0 heterocycles. The molecule has 1 atom stereocenters. The highest BCUT2D eigenvalue weighted by Gasteiger charge is 2.31. The van der Waals surface area contributed by atoms with Crippen molar-refractivity contribution in [3.63, 3.8) is 0 Å². The number of nitrogens with zero attached hydrogens (tertiary/aromatic N) is 1. The van der Waals surface area contributed by atoms with Crippen LogP contribution in [0.1, 0.15) is 30.0 Å². The first-order chi connectivity index (χ1) is 15.5. The van der Waals surface area contributed by atoms with E-state index in [1.54, 1.807) is 6.92 Å². The highest BCUT2D eigenvalue weighted by molar-refractivity contribution is 5.85. The molecule has 8 heteroatoms. The summed E-state index contributed by atoms with van der Waals surface area (Å²) in [6.45, 7) is 1.50. The number of nitrogens with one attached hydrogen (secondary N) is 1. The summed E-state index contributed by atoms with van der Waals surface area (Å²) < 4.78 is 5.17. The molecule has 0 fully saturated rings. The van der Waals surface area contributed by atoms with Crippen LogP contribution < -0.4 is 5.32 Å². The van der Waals surface area contributed by atoms with Crippen molar-refractivity contribution in [1.29, 1.82) is 0 Å². The van der Waals surface area contributed by atoms with Gasteiger partial charge in [0.15, 0.2) is 0 Å². The molecule has 1 amide bonds. The van der Waals surface area contributed by atoms with E-state index in [1.807, 2.05) is 54.6 Å². The minimum atomic E-state index is -1.06. The first kappa shape index (κ1) is 26.4. The Hall–Kier alpha value is -2.90. The van der Waals surface area contributed by atoms with Gasteiger partial charge in [0.2, 0.25) is 5.91 Å². The van der Waals surface area contributed by atoms with Crippen LogP contribution in [0.2, 0.25) is 0 Å². The van der Waals surface area contributed by atoms with Crippen molar-refractivity contribution in [3.05, 3.63) is 71.3 Å². The molecule has 1 aliphatic rings. The van der Waals surface area contributed by atoms with Crippen molar-refractivity contribution in [2.45, 2.75) is 44.7 Å². The number of hydrogen-bond acceptors (Lipinski definition) is 5. The Balaban J connectivity index is 0.00000385. The molecule has 0 aliphatic heterocycles. The predicted octanol–water partition coefficient (Wildman–Crippen LogP) is 2.64. The topological polar surface area (TPSA) is 95.9 Å². The Morgan fingerprint density at radius 2 is 1.67 bits per heavy atom. The SMILES string of the molecule is CCOC(=O)C(CCc1ccccc1)NCC(=O)N(CC(=O)O)C1Cc2ccccc2C1.Cl. The van der Waals surface area contributed by atoms with Crippen molar-refractivity contribution in [3.8, 4) is 0 Å². The third-order valence-electron chi connectivity index (χ3n) is 5.73. The van der Waals surface area contributed by atoms with Gasteiger partial charge in [0, 0.05) is 6.04 Å². The van der Waals surface area contributed by atoms with Gasteiger partial charge in [-0.3, -0.25) is 19.7 Å². The molecule has 0 aromatic heterocycles. The summed E-state index contributed by atoms with van der Waals surface area (Å²) in [6.07, 6.45) is 2.39. The lowest BCUT2D eigenvalue weighted by atomic mass is 10.1. The predicted molar refractivity (Wildman–Crippen MR) is 127 cm³/mol. The van der Waals surface area contributed by atoms with Gasteiger partial charge in [-0.15, -0.1) is 12.4 Å². The number of carbonyl (C=O) groups is 3. The van der Waals surface area contributed by atoms with Crippen molar-refractivity contribution < 1.29 is 24.2 Å². The number of amides is 1. The van der Waals surface area contributed by atoms with E-state index < -0.39 is 18.0 Å². The minimum Gasteiger partial charge on any atom is -0.480 e. The lowest BCUT2D eigenvalue weighted by Gasteiger charge is -2.28. The third kappa shape index (κ3) is 7.58. The van der Waals surface area contributed by atoms with E-state index in [-0.39, 0.29) is 44.1 Å². The Morgan fingerprint density at radius 3 is 2.24 bits per heavy atom. The van der Waals surface area contributed by atoms with Crippen LogP contribution in [-0.2, 0) is 38.4 Å². The van der Waals surface area contributed by atoms with E-state index in [4.69, 9.17) is 4.74 Å². The minimum absolute atomic E-state index is 0. The quantitative estimate of drug-likeness (QED) is 0.486.